The smallest absolute Gasteiger partial charge is 0.142 e. The number of ether oxygens (including phenoxy) is 1. The van der Waals surface area contributed by atoms with Crippen LogP contribution in [0.15, 0.2) is 18.2 Å². The maximum atomic E-state index is 9.54. The molecule has 4 heteroatoms. The SMILES string of the molecule is COc1ccc(-c2c(C#N)c(N)nc3c2CCCC3)cc1C. The van der Waals surface area contributed by atoms with Gasteiger partial charge in [0.25, 0.3) is 0 Å². The van der Waals surface area contributed by atoms with Crippen molar-refractivity contribution < 1.29 is 4.74 Å². The molecule has 112 valence electrons. The van der Waals surface area contributed by atoms with E-state index in [1.54, 1.807) is 7.11 Å². The van der Waals surface area contributed by atoms with E-state index in [1.165, 1.54) is 5.56 Å². The summed E-state index contributed by atoms with van der Waals surface area (Å²) in [6.45, 7) is 2.01. The lowest BCUT2D eigenvalue weighted by Crippen LogP contribution is -2.11. The van der Waals surface area contributed by atoms with Crippen LogP contribution in [0.3, 0.4) is 0 Å². The Hall–Kier alpha value is -2.54. The van der Waals surface area contributed by atoms with Crippen molar-refractivity contribution in [3.8, 4) is 22.9 Å². The van der Waals surface area contributed by atoms with Crippen LogP contribution in [-0.2, 0) is 12.8 Å². The van der Waals surface area contributed by atoms with E-state index in [-0.39, 0.29) is 0 Å². The standard InChI is InChI=1S/C18H19N3O/c1-11-9-12(7-8-16(11)22-2)17-13-5-3-4-6-15(13)21-18(20)14(17)10-19/h7-9H,3-6H2,1-2H3,(H2,20,21). The molecule has 1 aromatic heterocycles. The van der Waals surface area contributed by atoms with Crippen LogP contribution in [0, 0.1) is 18.3 Å². The molecule has 1 aliphatic carbocycles. The average molecular weight is 293 g/mol. The number of benzene rings is 1. The first-order valence-corrected chi connectivity index (χ1v) is 7.52. The first kappa shape index (κ1) is 14.4. The molecule has 0 unspecified atom stereocenters. The zero-order valence-electron chi connectivity index (χ0n) is 12.9. The first-order valence-electron chi connectivity index (χ1n) is 7.52. The Labute approximate surface area is 130 Å². The van der Waals surface area contributed by atoms with Gasteiger partial charge in [-0.05, 0) is 61.4 Å². The van der Waals surface area contributed by atoms with Crippen molar-refractivity contribution in [2.24, 2.45) is 0 Å². The topological polar surface area (TPSA) is 71.9 Å². The Kier molecular flexibility index (Phi) is 3.72. The van der Waals surface area contributed by atoms with Crippen molar-refractivity contribution in [3.63, 3.8) is 0 Å². The molecule has 0 atom stereocenters. The van der Waals surface area contributed by atoms with Crippen LogP contribution in [-0.4, -0.2) is 12.1 Å². The molecule has 0 fully saturated rings. The monoisotopic (exact) mass is 293 g/mol. The van der Waals surface area contributed by atoms with Crippen LogP contribution >= 0.6 is 0 Å². The highest BCUT2D eigenvalue weighted by molar-refractivity contribution is 5.80. The summed E-state index contributed by atoms with van der Waals surface area (Å²) in [6, 6.07) is 8.24. The molecular formula is C18H19N3O. The highest BCUT2D eigenvalue weighted by Crippen LogP contribution is 2.37. The summed E-state index contributed by atoms with van der Waals surface area (Å²) in [7, 11) is 1.66. The zero-order valence-corrected chi connectivity index (χ0v) is 12.9. The summed E-state index contributed by atoms with van der Waals surface area (Å²) in [5.74, 6) is 1.18. The largest absolute Gasteiger partial charge is 0.496 e. The van der Waals surface area contributed by atoms with Crippen LogP contribution in [0.2, 0.25) is 0 Å². The van der Waals surface area contributed by atoms with Crippen molar-refractivity contribution in [1.29, 1.82) is 5.26 Å². The molecule has 0 aliphatic heterocycles. The Morgan fingerprint density at radius 3 is 2.73 bits per heavy atom. The molecule has 0 bridgehead atoms. The molecule has 0 spiro atoms. The van der Waals surface area contributed by atoms with Gasteiger partial charge >= 0.3 is 0 Å². The van der Waals surface area contributed by atoms with Gasteiger partial charge in [0.1, 0.15) is 23.2 Å². The molecule has 3 rings (SSSR count). The van der Waals surface area contributed by atoms with Crippen molar-refractivity contribution in [2.45, 2.75) is 32.6 Å². The number of pyridine rings is 1. The van der Waals surface area contributed by atoms with Crippen LogP contribution in [0.5, 0.6) is 5.75 Å². The lowest BCUT2D eigenvalue weighted by Gasteiger charge is -2.21. The van der Waals surface area contributed by atoms with Gasteiger partial charge < -0.3 is 10.5 Å². The van der Waals surface area contributed by atoms with Crippen LogP contribution < -0.4 is 10.5 Å². The summed E-state index contributed by atoms with van der Waals surface area (Å²) in [6.07, 6.45) is 4.16. The van der Waals surface area contributed by atoms with E-state index in [4.69, 9.17) is 10.5 Å². The fourth-order valence-electron chi connectivity index (χ4n) is 3.23. The van der Waals surface area contributed by atoms with E-state index in [1.807, 2.05) is 19.1 Å². The van der Waals surface area contributed by atoms with Crippen LogP contribution in [0.25, 0.3) is 11.1 Å². The van der Waals surface area contributed by atoms with Crippen molar-refractivity contribution in [2.75, 3.05) is 12.8 Å². The number of hydrogen-bond acceptors (Lipinski definition) is 4. The van der Waals surface area contributed by atoms with E-state index in [9.17, 15) is 5.26 Å². The van der Waals surface area contributed by atoms with Crippen molar-refractivity contribution in [3.05, 3.63) is 40.6 Å². The molecule has 0 saturated heterocycles. The number of nitriles is 1. The van der Waals surface area contributed by atoms with Gasteiger partial charge in [0.2, 0.25) is 0 Å². The Morgan fingerprint density at radius 2 is 2.05 bits per heavy atom. The number of hydrogen-bond donors (Lipinski definition) is 1. The number of nitrogen functional groups attached to an aromatic ring is 1. The van der Waals surface area contributed by atoms with E-state index in [0.29, 0.717) is 11.4 Å². The fraction of sp³-hybridized carbons (Fsp3) is 0.333. The number of fused-ring (bicyclic) bond motifs is 1. The van der Waals surface area contributed by atoms with Gasteiger partial charge in [-0.25, -0.2) is 4.98 Å². The third-order valence-electron chi connectivity index (χ3n) is 4.30. The first-order chi connectivity index (χ1) is 10.7. The molecule has 22 heavy (non-hydrogen) atoms. The molecule has 2 aromatic rings. The molecular weight excluding hydrogens is 274 g/mol. The van der Waals surface area contributed by atoms with Gasteiger partial charge in [0.15, 0.2) is 0 Å². The molecule has 0 saturated carbocycles. The Balaban J connectivity index is 2.27. The minimum Gasteiger partial charge on any atom is -0.496 e. The van der Waals surface area contributed by atoms with Gasteiger partial charge in [0.05, 0.1) is 7.11 Å². The molecule has 2 N–H and O–H groups in total. The van der Waals surface area contributed by atoms with Crippen LogP contribution in [0.1, 0.15) is 35.2 Å². The minimum absolute atomic E-state index is 0.339. The predicted molar refractivity (Wildman–Crippen MR) is 86.7 cm³/mol. The van der Waals surface area contributed by atoms with Crippen LogP contribution in [0.4, 0.5) is 5.82 Å². The number of anilines is 1. The second-order valence-corrected chi connectivity index (χ2v) is 5.68. The summed E-state index contributed by atoms with van der Waals surface area (Å²) < 4.78 is 5.33. The number of rotatable bonds is 2. The third kappa shape index (κ3) is 2.29. The molecule has 0 radical (unpaired) electrons. The second-order valence-electron chi connectivity index (χ2n) is 5.68. The number of aromatic nitrogens is 1. The maximum absolute atomic E-state index is 9.54. The average Bonchev–Trinajstić information content (AvgIpc) is 2.53. The maximum Gasteiger partial charge on any atom is 0.142 e. The molecule has 1 aliphatic rings. The van der Waals surface area contributed by atoms with Crippen molar-refractivity contribution in [1.82, 2.24) is 4.98 Å². The molecule has 1 aromatic carbocycles. The van der Waals surface area contributed by atoms with Gasteiger partial charge in [-0.1, -0.05) is 6.07 Å². The van der Waals surface area contributed by atoms with E-state index >= 15 is 0 Å². The van der Waals surface area contributed by atoms with E-state index in [2.05, 4.69) is 17.1 Å². The zero-order chi connectivity index (χ0) is 15.7. The van der Waals surface area contributed by atoms with Gasteiger partial charge in [-0.15, -0.1) is 0 Å². The van der Waals surface area contributed by atoms with Crippen molar-refractivity contribution >= 4 is 5.82 Å². The van der Waals surface area contributed by atoms with Gasteiger partial charge in [-0.2, -0.15) is 5.26 Å². The molecule has 4 nitrogen and oxygen atoms in total. The lowest BCUT2D eigenvalue weighted by atomic mass is 9.86. The lowest BCUT2D eigenvalue weighted by molar-refractivity contribution is 0.412. The summed E-state index contributed by atoms with van der Waals surface area (Å²) in [5, 5.41) is 9.54. The van der Waals surface area contributed by atoms with Gasteiger partial charge in [0, 0.05) is 11.3 Å². The number of methoxy groups -OCH3 is 1. The Bertz CT molecular complexity index is 775. The van der Waals surface area contributed by atoms with E-state index < -0.39 is 0 Å². The number of aryl methyl sites for hydroxylation is 2. The summed E-state index contributed by atoms with van der Waals surface area (Å²) in [5.41, 5.74) is 11.8. The van der Waals surface area contributed by atoms with Gasteiger partial charge in [-0.3, -0.25) is 0 Å². The summed E-state index contributed by atoms with van der Waals surface area (Å²) >= 11 is 0. The molecule has 0 amide bonds. The second kappa shape index (κ2) is 5.69. The Morgan fingerprint density at radius 1 is 1.27 bits per heavy atom. The highest BCUT2D eigenvalue weighted by atomic mass is 16.5. The fourth-order valence-corrected chi connectivity index (χ4v) is 3.23. The number of nitrogens with two attached hydrogens (primary N) is 1. The normalized spacial score (nSPS) is 13.3. The molecule has 1 heterocycles. The highest BCUT2D eigenvalue weighted by Gasteiger charge is 2.22. The number of nitrogens with zero attached hydrogens (tertiary/aromatic N) is 2. The minimum atomic E-state index is 0.339. The quantitative estimate of drug-likeness (QED) is 0.921. The third-order valence-corrected chi connectivity index (χ3v) is 4.30. The predicted octanol–water partition coefficient (Wildman–Crippen LogP) is 3.40. The van der Waals surface area contributed by atoms with E-state index in [0.717, 1.165) is 53.8 Å². The summed E-state index contributed by atoms with van der Waals surface area (Å²) in [4.78, 5) is 4.46.